The van der Waals surface area contributed by atoms with Gasteiger partial charge in [-0.3, -0.25) is 14.5 Å². The van der Waals surface area contributed by atoms with Crippen LogP contribution in [0.4, 0.5) is 11.8 Å². The van der Waals surface area contributed by atoms with Crippen LogP contribution in [-0.4, -0.2) is 65.1 Å². The van der Waals surface area contributed by atoms with Gasteiger partial charge in [-0.2, -0.15) is 4.98 Å². The third-order valence-electron chi connectivity index (χ3n) is 7.42. The van der Waals surface area contributed by atoms with Crippen LogP contribution in [0.3, 0.4) is 0 Å². The van der Waals surface area contributed by atoms with Crippen molar-refractivity contribution in [2.45, 2.75) is 64.0 Å². The van der Waals surface area contributed by atoms with Crippen LogP contribution in [-0.2, 0) is 20.7 Å². The van der Waals surface area contributed by atoms with Gasteiger partial charge in [-0.25, -0.2) is 4.98 Å². The van der Waals surface area contributed by atoms with E-state index in [4.69, 9.17) is 9.72 Å². The first-order valence-corrected chi connectivity index (χ1v) is 12.4. The third-order valence-corrected chi connectivity index (χ3v) is 7.42. The molecule has 3 aliphatic heterocycles. The number of rotatable bonds is 4. The standard InChI is InChI=1S/C26H33N5O3/c1-17-5-3-4-6-22(17)23-15-19-16-27-26(28-20-7-11-30(12-8-20)18(2)32)29-24(19)31(25(23)33)21-9-13-34-14-10-21/h3-6,16,20-21,23H,7-15H2,1-2H3,(H,27,28,29). The number of nitrogens with zero attached hydrogens (tertiary/aromatic N) is 4. The molecule has 0 aliphatic carbocycles. The fourth-order valence-electron chi connectivity index (χ4n) is 5.44. The van der Waals surface area contributed by atoms with Gasteiger partial charge in [0.2, 0.25) is 17.8 Å². The maximum atomic E-state index is 13.9. The van der Waals surface area contributed by atoms with Gasteiger partial charge in [0.15, 0.2) is 0 Å². The number of anilines is 2. The molecule has 0 saturated carbocycles. The Morgan fingerprint density at radius 1 is 1.12 bits per heavy atom. The first-order chi connectivity index (χ1) is 16.5. The van der Waals surface area contributed by atoms with Gasteiger partial charge in [-0.05, 0) is 50.2 Å². The van der Waals surface area contributed by atoms with E-state index in [-0.39, 0.29) is 29.8 Å². The fraction of sp³-hybridized carbons (Fsp3) is 0.538. The average Bonchev–Trinajstić information content (AvgIpc) is 2.85. The second kappa shape index (κ2) is 9.70. The van der Waals surface area contributed by atoms with Gasteiger partial charge in [0.25, 0.3) is 0 Å². The molecule has 2 fully saturated rings. The van der Waals surface area contributed by atoms with Crippen molar-refractivity contribution >= 4 is 23.6 Å². The molecule has 1 aromatic carbocycles. The van der Waals surface area contributed by atoms with Crippen molar-refractivity contribution in [3.05, 3.63) is 47.2 Å². The number of hydrogen-bond acceptors (Lipinski definition) is 6. The van der Waals surface area contributed by atoms with Crippen LogP contribution < -0.4 is 10.2 Å². The Bertz CT molecular complexity index is 1060. The molecular weight excluding hydrogens is 430 g/mol. The highest BCUT2D eigenvalue weighted by Gasteiger charge is 2.40. The van der Waals surface area contributed by atoms with Crippen molar-refractivity contribution in [2.24, 2.45) is 0 Å². The number of nitrogens with one attached hydrogen (secondary N) is 1. The van der Waals surface area contributed by atoms with Crippen LogP contribution in [0.15, 0.2) is 30.5 Å². The predicted molar refractivity (Wildman–Crippen MR) is 130 cm³/mol. The van der Waals surface area contributed by atoms with Crippen LogP contribution in [0.2, 0.25) is 0 Å². The monoisotopic (exact) mass is 463 g/mol. The molecule has 8 nitrogen and oxygen atoms in total. The number of aromatic nitrogens is 2. The van der Waals surface area contributed by atoms with Crippen LogP contribution in [0.25, 0.3) is 0 Å². The summed E-state index contributed by atoms with van der Waals surface area (Å²) in [6, 6.07) is 8.44. The zero-order valence-corrected chi connectivity index (χ0v) is 20.0. The van der Waals surface area contributed by atoms with Gasteiger partial charge in [0.05, 0.1) is 5.92 Å². The van der Waals surface area contributed by atoms with E-state index in [0.29, 0.717) is 25.6 Å². The van der Waals surface area contributed by atoms with E-state index < -0.39 is 0 Å². The summed E-state index contributed by atoms with van der Waals surface area (Å²) in [6.07, 6.45) is 5.83. The normalized spacial score (nSPS) is 21.9. The average molecular weight is 464 g/mol. The van der Waals surface area contributed by atoms with Gasteiger partial charge in [0, 0.05) is 57.1 Å². The number of likely N-dealkylation sites (tertiary alicyclic amines) is 1. The Kier molecular flexibility index (Phi) is 6.50. The van der Waals surface area contributed by atoms with Crippen molar-refractivity contribution in [3.8, 4) is 0 Å². The van der Waals surface area contributed by atoms with Gasteiger partial charge >= 0.3 is 0 Å². The number of aryl methyl sites for hydroxylation is 1. The van der Waals surface area contributed by atoms with Crippen molar-refractivity contribution in [3.63, 3.8) is 0 Å². The number of fused-ring (bicyclic) bond motifs is 1. The lowest BCUT2D eigenvalue weighted by Gasteiger charge is -2.40. The molecular formula is C26H33N5O3. The number of benzene rings is 1. The molecule has 8 heteroatoms. The van der Waals surface area contributed by atoms with Crippen molar-refractivity contribution in [1.29, 1.82) is 0 Å². The summed E-state index contributed by atoms with van der Waals surface area (Å²) >= 11 is 0. The molecule has 1 N–H and O–H groups in total. The second-order valence-corrected chi connectivity index (χ2v) is 9.63. The van der Waals surface area contributed by atoms with Gasteiger partial charge in [0.1, 0.15) is 5.82 Å². The zero-order valence-electron chi connectivity index (χ0n) is 20.0. The Balaban J connectivity index is 1.43. The highest BCUT2D eigenvalue weighted by atomic mass is 16.5. The number of piperidine rings is 1. The lowest BCUT2D eigenvalue weighted by Crippen LogP contribution is -2.49. The van der Waals surface area contributed by atoms with E-state index in [1.165, 1.54) is 0 Å². The molecule has 4 heterocycles. The molecule has 2 saturated heterocycles. The second-order valence-electron chi connectivity index (χ2n) is 9.63. The Morgan fingerprint density at radius 2 is 1.85 bits per heavy atom. The van der Waals surface area contributed by atoms with Crippen molar-refractivity contribution < 1.29 is 14.3 Å². The summed E-state index contributed by atoms with van der Waals surface area (Å²) in [5, 5.41) is 3.46. The highest BCUT2D eigenvalue weighted by Crippen LogP contribution is 2.38. The summed E-state index contributed by atoms with van der Waals surface area (Å²) in [4.78, 5) is 38.9. The Morgan fingerprint density at radius 3 is 2.56 bits per heavy atom. The lowest BCUT2D eigenvalue weighted by atomic mass is 9.85. The molecule has 2 aromatic rings. The molecule has 1 aromatic heterocycles. The lowest BCUT2D eigenvalue weighted by molar-refractivity contribution is -0.129. The largest absolute Gasteiger partial charge is 0.381 e. The number of amides is 2. The van der Waals surface area contributed by atoms with Crippen molar-refractivity contribution in [1.82, 2.24) is 14.9 Å². The summed E-state index contributed by atoms with van der Waals surface area (Å²) in [7, 11) is 0. The van der Waals surface area contributed by atoms with E-state index in [1.807, 2.05) is 28.1 Å². The molecule has 3 aliphatic rings. The Labute approximate surface area is 200 Å². The zero-order chi connectivity index (χ0) is 23.7. The molecule has 0 radical (unpaired) electrons. The minimum atomic E-state index is -0.227. The number of ether oxygens (including phenoxy) is 1. The van der Waals surface area contributed by atoms with Gasteiger partial charge < -0.3 is 15.0 Å². The molecule has 2 amide bonds. The van der Waals surface area contributed by atoms with E-state index >= 15 is 0 Å². The smallest absolute Gasteiger partial charge is 0.236 e. The molecule has 34 heavy (non-hydrogen) atoms. The summed E-state index contributed by atoms with van der Waals surface area (Å²) in [5.74, 6) is 1.31. The SMILES string of the molecule is CC(=O)N1CCC(Nc2ncc3c(n2)N(C2CCOCC2)C(=O)C(c2ccccc2C)C3)CC1. The number of carbonyl (C=O) groups is 2. The van der Waals surface area contributed by atoms with E-state index in [0.717, 1.165) is 61.3 Å². The van der Waals surface area contributed by atoms with E-state index in [1.54, 1.807) is 6.92 Å². The molecule has 5 rings (SSSR count). The van der Waals surface area contributed by atoms with E-state index in [2.05, 4.69) is 29.4 Å². The number of carbonyl (C=O) groups excluding carboxylic acids is 2. The first kappa shape index (κ1) is 22.8. The summed E-state index contributed by atoms with van der Waals surface area (Å²) in [6.45, 7) is 6.48. The minimum Gasteiger partial charge on any atom is -0.381 e. The third kappa shape index (κ3) is 4.51. The van der Waals surface area contributed by atoms with Crippen LogP contribution in [0, 0.1) is 6.92 Å². The maximum Gasteiger partial charge on any atom is 0.236 e. The van der Waals surface area contributed by atoms with Crippen LogP contribution >= 0.6 is 0 Å². The first-order valence-electron chi connectivity index (χ1n) is 12.4. The molecule has 0 bridgehead atoms. The van der Waals surface area contributed by atoms with Crippen LogP contribution in [0.5, 0.6) is 0 Å². The minimum absolute atomic E-state index is 0.0772. The number of hydrogen-bond donors (Lipinski definition) is 1. The molecule has 0 spiro atoms. The predicted octanol–water partition coefficient (Wildman–Crippen LogP) is 3.06. The van der Waals surface area contributed by atoms with Gasteiger partial charge in [-0.15, -0.1) is 0 Å². The quantitative estimate of drug-likeness (QED) is 0.750. The maximum absolute atomic E-state index is 13.9. The van der Waals surface area contributed by atoms with E-state index in [9.17, 15) is 9.59 Å². The summed E-state index contributed by atoms with van der Waals surface area (Å²) < 4.78 is 5.58. The fourth-order valence-corrected chi connectivity index (χ4v) is 5.44. The van der Waals surface area contributed by atoms with Gasteiger partial charge in [-0.1, -0.05) is 24.3 Å². The van der Waals surface area contributed by atoms with Crippen LogP contribution in [0.1, 0.15) is 55.2 Å². The Hall–Kier alpha value is -3.00. The summed E-state index contributed by atoms with van der Waals surface area (Å²) in [5.41, 5.74) is 3.22. The molecule has 1 atom stereocenters. The van der Waals surface area contributed by atoms with Crippen molar-refractivity contribution in [2.75, 3.05) is 36.5 Å². The molecule has 180 valence electrons. The topological polar surface area (TPSA) is 87.7 Å². The highest BCUT2D eigenvalue weighted by molar-refractivity contribution is 6.01. The molecule has 1 unspecified atom stereocenters.